The average molecular weight is 298 g/mol. The predicted molar refractivity (Wildman–Crippen MR) is 82.8 cm³/mol. The molecule has 0 aromatic carbocycles. The molecule has 0 N–H and O–H groups in total. The second kappa shape index (κ2) is 7.34. The van der Waals surface area contributed by atoms with Gasteiger partial charge in [0.2, 0.25) is 11.8 Å². The average Bonchev–Trinajstić information content (AvgIpc) is 2.93. The van der Waals surface area contributed by atoms with Crippen molar-refractivity contribution in [2.75, 3.05) is 25.1 Å². The van der Waals surface area contributed by atoms with Gasteiger partial charge in [-0.2, -0.15) is 11.8 Å². The van der Waals surface area contributed by atoms with Crippen molar-refractivity contribution in [2.24, 2.45) is 0 Å². The molecule has 0 radical (unpaired) electrons. The van der Waals surface area contributed by atoms with Crippen LogP contribution in [0.25, 0.3) is 0 Å². The van der Waals surface area contributed by atoms with Crippen LogP contribution in [0.1, 0.15) is 45.4 Å². The Bertz CT molecular complexity index is 362. The van der Waals surface area contributed by atoms with E-state index in [1.165, 1.54) is 18.6 Å². The highest BCUT2D eigenvalue weighted by molar-refractivity contribution is 7.98. The summed E-state index contributed by atoms with van der Waals surface area (Å²) in [6.45, 7) is 3.39. The van der Waals surface area contributed by atoms with Crippen LogP contribution in [0.3, 0.4) is 0 Å². The summed E-state index contributed by atoms with van der Waals surface area (Å²) < 4.78 is 0. The van der Waals surface area contributed by atoms with Crippen molar-refractivity contribution in [3.8, 4) is 0 Å². The van der Waals surface area contributed by atoms with Gasteiger partial charge in [0.05, 0.1) is 0 Å². The maximum Gasteiger partial charge on any atom is 0.246 e. The van der Waals surface area contributed by atoms with Crippen LogP contribution in [0.5, 0.6) is 0 Å². The van der Waals surface area contributed by atoms with Gasteiger partial charge in [0.15, 0.2) is 0 Å². The number of carbonyl (C=O) groups excluding carboxylic acids is 2. The third kappa shape index (κ3) is 3.30. The quantitative estimate of drug-likeness (QED) is 0.676. The summed E-state index contributed by atoms with van der Waals surface area (Å²) in [5.41, 5.74) is 0. The lowest BCUT2D eigenvalue weighted by atomic mass is 10.1. The van der Waals surface area contributed by atoms with Crippen molar-refractivity contribution in [1.29, 1.82) is 0 Å². The molecule has 0 spiro atoms. The summed E-state index contributed by atoms with van der Waals surface area (Å²) in [4.78, 5) is 28.3. The van der Waals surface area contributed by atoms with Gasteiger partial charge in [0.25, 0.3) is 0 Å². The van der Waals surface area contributed by atoms with E-state index in [9.17, 15) is 9.59 Å². The summed E-state index contributed by atoms with van der Waals surface area (Å²) in [6, 6.07) is -0.418. The maximum absolute atomic E-state index is 12.5. The molecule has 0 aromatic heterocycles. The highest BCUT2D eigenvalue weighted by Crippen LogP contribution is 2.27. The lowest BCUT2D eigenvalue weighted by Crippen LogP contribution is -2.61. The number of piperazine rings is 1. The molecule has 2 amide bonds. The van der Waals surface area contributed by atoms with Crippen molar-refractivity contribution in [3.05, 3.63) is 0 Å². The zero-order valence-corrected chi connectivity index (χ0v) is 13.5. The van der Waals surface area contributed by atoms with Crippen LogP contribution in [-0.4, -0.2) is 58.8 Å². The molecule has 0 aromatic rings. The predicted octanol–water partition coefficient (Wildman–Crippen LogP) is 2.13. The fourth-order valence-electron chi connectivity index (χ4n) is 3.23. The molecule has 2 fully saturated rings. The van der Waals surface area contributed by atoms with Gasteiger partial charge in [0.1, 0.15) is 12.1 Å². The number of fused-ring (bicyclic) bond motifs is 1. The van der Waals surface area contributed by atoms with E-state index in [0.29, 0.717) is 0 Å². The van der Waals surface area contributed by atoms with E-state index in [1.807, 2.05) is 23.6 Å². The molecule has 2 atom stereocenters. The van der Waals surface area contributed by atoms with Crippen LogP contribution in [0.4, 0.5) is 0 Å². The first-order valence-corrected chi connectivity index (χ1v) is 9.16. The first-order chi connectivity index (χ1) is 9.66. The van der Waals surface area contributed by atoms with Crippen LogP contribution in [0, 0.1) is 0 Å². The van der Waals surface area contributed by atoms with Crippen LogP contribution in [0.15, 0.2) is 0 Å². The number of rotatable bonds is 7. The Morgan fingerprint density at radius 1 is 1.15 bits per heavy atom. The topological polar surface area (TPSA) is 40.6 Å². The maximum atomic E-state index is 12.5. The number of carbonyl (C=O) groups is 2. The molecule has 2 aliphatic heterocycles. The highest BCUT2D eigenvalue weighted by Gasteiger charge is 2.45. The number of thioether (sulfide) groups is 1. The number of hydrogen-bond donors (Lipinski definition) is 0. The van der Waals surface area contributed by atoms with Gasteiger partial charge in [-0.3, -0.25) is 9.59 Å². The van der Waals surface area contributed by atoms with Gasteiger partial charge in [0, 0.05) is 13.1 Å². The number of amides is 2. The van der Waals surface area contributed by atoms with E-state index in [-0.39, 0.29) is 23.9 Å². The zero-order valence-electron chi connectivity index (χ0n) is 12.6. The van der Waals surface area contributed by atoms with Gasteiger partial charge in [-0.1, -0.05) is 12.8 Å². The summed E-state index contributed by atoms with van der Waals surface area (Å²) in [7, 11) is 0. The molecular formula is C15H26N2O2S. The van der Waals surface area contributed by atoms with Gasteiger partial charge >= 0.3 is 0 Å². The molecule has 0 bridgehead atoms. The van der Waals surface area contributed by atoms with Crippen LogP contribution < -0.4 is 0 Å². The van der Waals surface area contributed by atoms with Crippen molar-refractivity contribution in [3.63, 3.8) is 0 Å². The largest absolute Gasteiger partial charge is 0.329 e. The zero-order chi connectivity index (χ0) is 14.5. The Labute approximate surface area is 126 Å². The second-order valence-electron chi connectivity index (χ2n) is 5.80. The van der Waals surface area contributed by atoms with Gasteiger partial charge in [-0.25, -0.2) is 0 Å². The van der Waals surface area contributed by atoms with Crippen molar-refractivity contribution in [2.45, 2.75) is 57.5 Å². The highest BCUT2D eigenvalue weighted by atomic mass is 32.2. The van der Waals surface area contributed by atoms with Gasteiger partial charge in [-0.05, 0) is 44.6 Å². The summed E-state index contributed by atoms with van der Waals surface area (Å²) in [5.74, 6) is 1.54. The Hall–Kier alpha value is -0.710. The third-order valence-electron chi connectivity index (χ3n) is 4.43. The minimum Gasteiger partial charge on any atom is -0.329 e. The Balaban J connectivity index is 1.81. The Kier molecular flexibility index (Phi) is 5.75. The lowest BCUT2D eigenvalue weighted by Gasteiger charge is -2.41. The Morgan fingerprint density at radius 2 is 1.90 bits per heavy atom. The molecule has 5 heteroatoms. The van der Waals surface area contributed by atoms with E-state index in [2.05, 4.69) is 6.26 Å². The number of nitrogens with zero attached hydrogens (tertiary/aromatic N) is 2. The lowest BCUT2D eigenvalue weighted by molar-refractivity contribution is -0.158. The van der Waals surface area contributed by atoms with Gasteiger partial charge < -0.3 is 9.80 Å². The minimum atomic E-state index is -0.261. The fraction of sp³-hybridized carbons (Fsp3) is 0.867. The molecule has 2 aliphatic rings. The molecule has 2 rings (SSSR count). The monoisotopic (exact) mass is 298 g/mol. The number of unbranched alkanes of at least 4 members (excludes halogenated alkanes) is 3. The van der Waals surface area contributed by atoms with Crippen LogP contribution in [0.2, 0.25) is 0 Å². The van der Waals surface area contributed by atoms with Crippen LogP contribution in [-0.2, 0) is 9.59 Å². The van der Waals surface area contributed by atoms with Crippen LogP contribution >= 0.6 is 11.8 Å². The van der Waals surface area contributed by atoms with Crippen molar-refractivity contribution in [1.82, 2.24) is 9.80 Å². The second-order valence-corrected chi connectivity index (χ2v) is 6.79. The third-order valence-corrected chi connectivity index (χ3v) is 5.12. The number of hydrogen-bond acceptors (Lipinski definition) is 3. The SMILES string of the molecule is CSCCCCCCN1C(=O)C2CCCN2C(=O)C1C. The smallest absolute Gasteiger partial charge is 0.246 e. The molecule has 114 valence electrons. The molecule has 0 aliphatic carbocycles. The van der Waals surface area contributed by atoms with E-state index in [0.717, 1.165) is 38.8 Å². The standard InChI is InChI=1S/C15H26N2O2S/c1-12-14(18)17-10-7-8-13(17)15(19)16(12)9-5-3-4-6-11-20-2/h12-13H,3-11H2,1-2H3. The normalized spacial score (nSPS) is 26.3. The summed E-state index contributed by atoms with van der Waals surface area (Å²) in [5, 5.41) is 0. The summed E-state index contributed by atoms with van der Waals surface area (Å²) >= 11 is 1.88. The summed E-state index contributed by atoms with van der Waals surface area (Å²) in [6.07, 6.45) is 8.59. The van der Waals surface area contributed by atoms with Gasteiger partial charge in [-0.15, -0.1) is 0 Å². The van der Waals surface area contributed by atoms with Crippen molar-refractivity contribution < 1.29 is 9.59 Å². The first kappa shape index (κ1) is 15.7. The van der Waals surface area contributed by atoms with Crippen molar-refractivity contribution >= 4 is 23.6 Å². The Morgan fingerprint density at radius 3 is 2.65 bits per heavy atom. The van der Waals surface area contributed by atoms with E-state index in [1.54, 1.807) is 4.90 Å². The van der Waals surface area contributed by atoms with E-state index < -0.39 is 0 Å². The molecule has 4 nitrogen and oxygen atoms in total. The molecule has 2 unspecified atom stereocenters. The fourth-order valence-corrected chi connectivity index (χ4v) is 3.72. The molecular weight excluding hydrogens is 272 g/mol. The minimum absolute atomic E-state index is 0.148. The van der Waals surface area contributed by atoms with E-state index >= 15 is 0 Å². The van der Waals surface area contributed by atoms with E-state index in [4.69, 9.17) is 0 Å². The molecule has 20 heavy (non-hydrogen) atoms. The molecule has 2 saturated heterocycles. The molecule has 0 saturated carbocycles. The molecule has 2 heterocycles. The first-order valence-electron chi connectivity index (χ1n) is 7.76.